The molecule has 0 aromatic heterocycles. The third-order valence-corrected chi connectivity index (χ3v) is 2.32. The zero-order valence-corrected chi connectivity index (χ0v) is 10.4. The maximum Gasteiger partial charge on any atom is 0.0340 e. The average molecular weight is 205 g/mol. The number of anilines is 1. The van der Waals surface area contributed by atoms with Gasteiger partial charge in [0.05, 0.1) is 0 Å². The van der Waals surface area contributed by atoms with E-state index in [4.69, 9.17) is 0 Å². The minimum absolute atomic E-state index is 0.335. The fraction of sp³-hybridized carbons (Fsp3) is 0.571. The minimum Gasteiger partial charge on any atom is -0.385 e. The highest BCUT2D eigenvalue weighted by Gasteiger charge is 2.08. The predicted molar refractivity (Wildman–Crippen MR) is 68.4 cm³/mol. The molecule has 0 saturated carbocycles. The van der Waals surface area contributed by atoms with E-state index in [0.717, 1.165) is 6.54 Å². The lowest BCUT2D eigenvalue weighted by Gasteiger charge is -2.19. The Balaban J connectivity index is 2.50. The van der Waals surface area contributed by atoms with E-state index in [2.05, 4.69) is 57.3 Å². The molecule has 0 bridgehead atoms. The van der Waals surface area contributed by atoms with Crippen molar-refractivity contribution in [3.63, 3.8) is 0 Å². The van der Waals surface area contributed by atoms with Crippen LogP contribution in [0.2, 0.25) is 0 Å². The van der Waals surface area contributed by atoms with Crippen molar-refractivity contribution in [3.8, 4) is 0 Å². The molecule has 0 spiro atoms. The number of aryl methyl sites for hydroxylation is 1. The SMILES string of the molecule is CCCc1ccc(NCC(C)(C)C)cc1. The summed E-state index contributed by atoms with van der Waals surface area (Å²) >= 11 is 0. The topological polar surface area (TPSA) is 12.0 Å². The third kappa shape index (κ3) is 4.87. The summed E-state index contributed by atoms with van der Waals surface area (Å²) in [5.41, 5.74) is 2.99. The van der Waals surface area contributed by atoms with Gasteiger partial charge in [-0.3, -0.25) is 0 Å². The van der Waals surface area contributed by atoms with Crippen molar-refractivity contribution in [2.24, 2.45) is 5.41 Å². The summed E-state index contributed by atoms with van der Waals surface area (Å²) in [5, 5.41) is 3.45. The molecular formula is C14H23N. The van der Waals surface area contributed by atoms with Gasteiger partial charge in [-0.2, -0.15) is 0 Å². The second-order valence-corrected chi connectivity index (χ2v) is 5.36. The van der Waals surface area contributed by atoms with Crippen molar-refractivity contribution in [2.45, 2.75) is 40.5 Å². The smallest absolute Gasteiger partial charge is 0.0340 e. The lowest BCUT2D eigenvalue weighted by molar-refractivity contribution is 0.443. The van der Waals surface area contributed by atoms with Crippen LogP contribution in [-0.2, 0) is 6.42 Å². The van der Waals surface area contributed by atoms with E-state index in [1.807, 2.05) is 0 Å². The molecule has 1 N–H and O–H groups in total. The first-order chi connectivity index (χ1) is 7.01. The Labute approximate surface area is 93.9 Å². The highest BCUT2D eigenvalue weighted by molar-refractivity contribution is 5.44. The van der Waals surface area contributed by atoms with Gasteiger partial charge in [-0.25, -0.2) is 0 Å². The van der Waals surface area contributed by atoms with Crippen molar-refractivity contribution in [1.29, 1.82) is 0 Å². The summed E-state index contributed by atoms with van der Waals surface area (Å²) in [7, 11) is 0. The van der Waals surface area contributed by atoms with E-state index in [0.29, 0.717) is 5.41 Å². The lowest BCUT2D eigenvalue weighted by Crippen LogP contribution is -2.18. The molecule has 0 amide bonds. The first kappa shape index (κ1) is 12.1. The summed E-state index contributed by atoms with van der Waals surface area (Å²) in [6.07, 6.45) is 2.40. The van der Waals surface area contributed by atoms with E-state index >= 15 is 0 Å². The highest BCUT2D eigenvalue weighted by Crippen LogP contribution is 2.16. The lowest BCUT2D eigenvalue weighted by atomic mass is 9.97. The number of benzene rings is 1. The van der Waals surface area contributed by atoms with Gasteiger partial charge in [0.2, 0.25) is 0 Å². The number of hydrogen-bond donors (Lipinski definition) is 1. The quantitative estimate of drug-likeness (QED) is 0.780. The van der Waals surface area contributed by atoms with Crippen LogP contribution >= 0.6 is 0 Å². The summed E-state index contributed by atoms with van der Waals surface area (Å²) in [6, 6.07) is 8.79. The van der Waals surface area contributed by atoms with Crippen LogP contribution in [-0.4, -0.2) is 6.54 Å². The maximum atomic E-state index is 3.45. The molecule has 0 radical (unpaired) electrons. The molecular weight excluding hydrogens is 182 g/mol. The Hall–Kier alpha value is -0.980. The van der Waals surface area contributed by atoms with Gasteiger partial charge in [-0.05, 0) is 29.5 Å². The molecule has 0 aliphatic rings. The van der Waals surface area contributed by atoms with Gasteiger partial charge in [0.1, 0.15) is 0 Å². The van der Waals surface area contributed by atoms with Crippen molar-refractivity contribution in [2.75, 3.05) is 11.9 Å². The molecule has 1 heteroatoms. The van der Waals surface area contributed by atoms with Gasteiger partial charge >= 0.3 is 0 Å². The van der Waals surface area contributed by atoms with E-state index in [-0.39, 0.29) is 0 Å². The molecule has 1 aromatic rings. The molecule has 15 heavy (non-hydrogen) atoms. The number of hydrogen-bond acceptors (Lipinski definition) is 1. The van der Waals surface area contributed by atoms with Crippen LogP contribution in [0.3, 0.4) is 0 Å². The zero-order chi connectivity index (χ0) is 11.3. The molecule has 0 aliphatic carbocycles. The van der Waals surface area contributed by atoms with Crippen LogP contribution in [0.25, 0.3) is 0 Å². The Kier molecular flexibility index (Phi) is 4.19. The molecule has 0 aliphatic heterocycles. The van der Waals surface area contributed by atoms with E-state index in [1.54, 1.807) is 0 Å². The number of rotatable bonds is 4. The third-order valence-electron chi connectivity index (χ3n) is 2.32. The fourth-order valence-electron chi connectivity index (χ4n) is 1.45. The van der Waals surface area contributed by atoms with Crippen molar-refractivity contribution < 1.29 is 0 Å². The van der Waals surface area contributed by atoms with E-state index < -0.39 is 0 Å². The molecule has 1 rings (SSSR count). The second kappa shape index (κ2) is 5.20. The van der Waals surface area contributed by atoms with Crippen molar-refractivity contribution in [1.82, 2.24) is 0 Å². The van der Waals surface area contributed by atoms with Crippen LogP contribution in [0.5, 0.6) is 0 Å². The predicted octanol–water partition coefficient (Wildman–Crippen LogP) is 4.10. The van der Waals surface area contributed by atoms with Gasteiger partial charge in [-0.15, -0.1) is 0 Å². The van der Waals surface area contributed by atoms with Gasteiger partial charge in [0.25, 0.3) is 0 Å². The largest absolute Gasteiger partial charge is 0.385 e. The van der Waals surface area contributed by atoms with Crippen LogP contribution in [0.1, 0.15) is 39.7 Å². The normalized spacial score (nSPS) is 11.5. The van der Waals surface area contributed by atoms with Crippen molar-refractivity contribution in [3.05, 3.63) is 29.8 Å². The molecule has 0 fully saturated rings. The van der Waals surface area contributed by atoms with Gasteiger partial charge in [0.15, 0.2) is 0 Å². The molecule has 0 heterocycles. The average Bonchev–Trinajstić information content (AvgIpc) is 2.16. The minimum atomic E-state index is 0.335. The summed E-state index contributed by atoms with van der Waals surface area (Å²) < 4.78 is 0. The molecule has 0 unspecified atom stereocenters. The molecule has 1 aromatic carbocycles. The molecule has 84 valence electrons. The molecule has 1 nitrogen and oxygen atoms in total. The second-order valence-electron chi connectivity index (χ2n) is 5.36. The Morgan fingerprint density at radius 3 is 2.13 bits per heavy atom. The van der Waals surface area contributed by atoms with Crippen molar-refractivity contribution >= 4 is 5.69 Å². The van der Waals surface area contributed by atoms with Crippen LogP contribution in [0.15, 0.2) is 24.3 Å². The Morgan fingerprint density at radius 1 is 1.07 bits per heavy atom. The first-order valence-corrected chi connectivity index (χ1v) is 5.84. The maximum absolute atomic E-state index is 3.45. The molecule has 0 saturated heterocycles. The van der Waals surface area contributed by atoms with Gasteiger partial charge in [0, 0.05) is 12.2 Å². The Bertz CT molecular complexity index is 279. The van der Waals surface area contributed by atoms with Gasteiger partial charge in [-0.1, -0.05) is 46.2 Å². The zero-order valence-electron chi connectivity index (χ0n) is 10.4. The summed E-state index contributed by atoms with van der Waals surface area (Å²) in [5.74, 6) is 0. The number of nitrogens with one attached hydrogen (secondary N) is 1. The summed E-state index contributed by atoms with van der Waals surface area (Å²) in [6.45, 7) is 9.95. The highest BCUT2D eigenvalue weighted by atomic mass is 14.9. The van der Waals surface area contributed by atoms with E-state index in [1.165, 1.54) is 24.1 Å². The Morgan fingerprint density at radius 2 is 1.67 bits per heavy atom. The summed E-state index contributed by atoms with van der Waals surface area (Å²) in [4.78, 5) is 0. The first-order valence-electron chi connectivity index (χ1n) is 5.84. The van der Waals surface area contributed by atoms with Crippen LogP contribution in [0, 0.1) is 5.41 Å². The van der Waals surface area contributed by atoms with E-state index in [9.17, 15) is 0 Å². The standard InChI is InChI=1S/C14H23N/c1-5-6-12-7-9-13(10-8-12)15-11-14(2,3)4/h7-10,15H,5-6,11H2,1-4H3. The van der Waals surface area contributed by atoms with Crippen LogP contribution in [0.4, 0.5) is 5.69 Å². The van der Waals surface area contributed by atoms with Gasteiger partial charge < -0.3 is 5.32 Å². The fourth-order valence-corrected chi connectivity index (χ4v) is 1.45. The molecule has 0 atom stereocenters. The van der Waals surface area contributed by atoms with Crippen LogP contribution < -0.4 is 5.32 Å². The monoisotopic (exact) mass is 205 g/mol.